The summed E-state index contributed by atoms with van der Waals surface area (Å²) in [7, 11) is 0. The molecule has 1 fully saturated rings. The van der Waals surface area contributed by atoms with Gasteiger partial charge >= 0.3 is 5.97 Å². The van der Waals surface area contributed by atoms with Crippen molar-refractivity contribution in [3.8, 4) is 0 Å². The van der Waals surface area contributed by atoms with Gasteiger partial charge in [0.1, 0.15) is 11.7 Å². The lowest BCUT2D eigenvalue weighted by molar-refractivity contribution is -0.156. The van der Waals surface area contributed by atoms with E-state index in [1.165, 1.54) is 0 Å². The Labute approximate surface area is 72.1 Å². The minimum absolute atomic E-state index is 0.0437. The van der Waals surface area contributed by atoms with Crippen LogP contribution in [-0.4, -0.2) is 18.4 Å². The number of ether oxygens (including phenoxy) is 1. The predicted molar refractivity (Wildman–Crippen MR) is 43.6 cm³/mol. The van der Waals surface area contributed by atoms with Gasteiger partial charge in [0.05, 0.1) is 6.61 Å². The van der Waals surface area contributed by atoms with Gasteiger partial charge < -0.3 is 4.74 Å². The number of cyclic esters (lactones) is 1. The largest absolute Gasteiger partial charge is 0.465 e. The molecule has 1 aliphatic heterocycles. The second kappa shape index (κ2) is 4.24. The average molecular weight is 170 g/mol. The highest BCUT2D eigenvalue weighted by molar-refractivity contribution is 5.99. The normalized spacial score (nSPS) is 23.4. The molecular formula is C9H14O3. The van der Waals surface area contributed by atoms with Crippen LogP contribution in [0.2, 0.25) is 0 Å². The Morgan fingerprint density at radius 2 is 2.42 bits per heavy atom. The maximum Gasteiger partial charge on any atom is 0.316 e. The third kappa shape index (κ3) is 2.06. The summed E-state index contributed by atoms with van der Waals surface area (Å²) in [5, 5.41) is 0. The van der Waals surface area contributed by atoms with Crippen molar-refractivity contribution in [1.82, 2.24) is 0 Å². The Morgan fingerprint density at radius 1 is 1.67 bits per heavy atom. The number of hydrogen-bond donors (Lipinski definition) is 0. The van der Waals surface area contributed by atoms with Crippen LogP contribution in [-0.2, 0) is 14.3 Å². The molecule has 0 amide bonds. The van der Waals surface area contributed by atoms with Crippen LogP contribution < -0.4 is 0 Å². The third-order valence-electron chi connectivity index (χ3n) is 2.05. The summed E-state index contributed by atoms with van der Waals surface area (Å²) in [6.45, 7) is 2.42. The molecule has 1 aliphatic rings. The number of esters is 1. The summed E-state index contributed by atoms with van der Waals surface area (Å²) in [6, 6.07) is 0. The third-order valence-corrected chi connectivity index (χ3v) is 2.05. The Bertz CT molecular complexity index is 186. The molecule has 0 saturated carbocycles. The first-order valence-corrected chi connectivity index (χ1v) is 4.45. The topological polar surface area (TPSA) is 43.4 Å². The van der Waals surface area contributed by atoms with Crippen molar-refractivity contribution in [2.75, 3.05) is 6.61 Å². The summed E-state index contributed by atoms with van der Waals surface area (Å²) in [6.07, 6.45) is 2.81. The monoisotopic (exact) mass is 170 g/mol. The van der Waals surface area contributed by atoms with Crippen LogP contribution in [0, 0.1) is 5.92 Å². The first-order valence-electron chi connectivity index (χ1n) is 4.45. The van der Waals surface area contributed by atoms with Crippen molar-refractivity contribution in [2.24, 2.45) is 5.92 Å². The first kappa shape index (κ1) is 9.23. The van der Waals surface area contributed by atoms with Gasteiger partial charge in [-0.25, -0.2) is 0 Å². The molecule has 0 bridgehead atoms. The van der Waals surface area contributed by atoms with E-state index in [2.05, 4.69) is 0 Å². The van der Waals surface area contributed by atoms with Crippen LogP contribution in [0.5, 0.6) is 0 Å². The molecule has 0 radical (unpaired) electrons. The van der Waals surface area contributed by atoms with E-state index in [9.17, 15) is 9.59 Å². The second-order valence-electron chi connectivity index (χ2n) is 3.08. The molecule has 0 aromatic carbocycles. The van der Waals surface area contributed by atoms with Gasteiger partial charge in [-0.05, 0) is 19.3 Å². The first-order chi connectivity index (χ1) is 5.75. The molecule has 0 aliphatic carbocycles. The van der Waals surface area contributed by atoms with Crippen LogP contribution >= 0.6 is 0 Å². The van der Waals surface area contributed by atoms with Crippen LogP contribution in [0.15, 0.2) is 0 Å². The van der Waals surface area contributed by atoms with Gasteiger partial charge in [0, 0.05) is 6.42 Å². The maximum atomic E-state index is 11.3. The van der Waals surface area contributed by atoms with Gasteiger partial charge in [-0.3, -0.25) is 9.59 Å². The van der Waals surface area contributed by atoms with Gasteiger partial charge in [-0.15, -0.1) is 0 Å². The fraction of sp³-hybridized carbons (Fsp3) is 0.778. The minimum atomic E-state index is -0.460. The lowest BCUT2D eigenvalue weighted by atomic mass is 9.94. The van der Waals surface area contributed by atoms with Crippen molar-refractivity contribution in [3.05, 3.63) is 0 Å². The molecule has 3 nitrogen and oxygen atoms in total. The number of Topliss-reactive ketones (excluding diaryl/α,β-unsaturated/α-hetero) is 1. The predicted octanol–water partition coefficient (Wildman–Crippen LogP) is 1.31. The molecule has 1 heterocycles. The molecule has 1 atom stereocenters. The van der Waals surface area contributed by atoms with E-state index >= 15 is 0 Å². The van der Waals surface area contributed by atoms with E-state index in [4.69, 9.17) is 4.74 Å². The number of rotatable bonds is 3. The standard InChI is InChI=1S/C9H14O3/c1-2-4-8(10)7-5-3-6-12-9(7)11/h7H,2-6H2,1H3. The summed E-state index contributed by atoms with van der Waals surface area (Å²) in [5.41, 5.74) is 0. The van der Waals surface area contributed by atoms with Crippen molar-refractivity contribution in [1.29, 1.82) is 0 Å². The Balaban J connectivity index is 2.48. The summed E-state index contributed by atoms with van der Waals surface area (Å²) < 4.78 is 4.80. The Morgan fingerprint density at radius 3 is 3.00 bits per heavy atom. The average Bonchev–Trinajstić information content (AvgIpc) is 2.05. The lowest BCUT2D eigenvalue weighted by Crippen LogP contribution is -2.30. The van der Waals surface area contributed by atoms with E-state index in [1.54, 1.807) is 0 Å². The molecule has 1 rings (SSSR count). The highest BCUT2D eigenvalue weighted by atomic mass is 16.5. The molecule has 68 valence electrons. The van der Waals surface area contributed by atoms with Crippen LogP contribution in [0.25, 0.3) is 0 Å². The smallest absolute Gasteiger partial charge is 0.316 e. The Hall–Kier alpha value is -0.860. The van der Waals surface area contributed by atoms with E-state index in [-0.39, 0.29) is 11.8 Å². The van der Waals surface area contributed by atoms with Crippen LogP contribution in [0.3, 0.4) is 0 Å². The van der Waals surface area contributed by atoms with Crippen LogP contribution in [0.1, 0.15) is 32.6 Å². The zero-order chi connectivity index (χ0) is 8.97. The second-order valence-corrected chi connectivity index (χ2v) is 3.08. The van der Waals surface area contributed by atoms with Crippen molar-refractivity contribution < 1.29 is 14.3 Å². The number of hydrogen-bond acceptors (Lipinski definition) is 3. The van der Waals surface area contributed by atoms with Crippen molar-refractivity contribution >= 4 is 11.8 Å². The van der Waals surface area contributed by atoms with Gasteiger partial charge in [-0.1, -0.05) is 6.92 Å². The molecule has 0 spiro atoms. The minimum Gasteiger partial charge on any atom is -0.465 e. The Kier molecular flexibility index (Phi) is 3.26. The number of carbonyl (C=O) groups excluding carboxylic acids is 2. The number of ketones is 1. The van der Waals surface area contributed by atoms with Gasteiger partial charge in [0.2, 0.25) is 0 Å². The quantitative estimate of drug-likeness (QED) is 0.473. The van der Waals surface area contributed by atoms with Crippen molar-refractivity contribution in [3.63, 3.8) is 0 Å². The molecule has 0 aromatic heterocycles. The van der Waals surface area contributed by atoms with Gasteiger partial charge in [0.15, 0.2) is 0 Å². The number of carbonyl (C=O) groups is 2. The molecule has 0 N–H and O–H groups in total. The van der Waals surface area contributed by atoms with E-state index in [0.717, 1.165) is 12.8 Å². The van der Waals surface area contributed by atoms with Gasteiger partial charge in [0.25, 0.3) is 0 Å². The summed E-state index contributed by atoms with van der Waals surface area (Å²) >= 11 is 0. The molecule has 1 unspecified atom stereocenters. The zero-order valence-corrected chi connectivity index (χ0v) is 7.34. The molecule has 1 saturated heterocycles. The van der Waals surface area contributed by atoms with E-state index < -0.39 is 5.92 Å². The maximum absolute atomic E-state index is 11.3. The lowest BCUT2D eigenvalue weighted by Gasteiger charge is -2.19. The van der Waals surface area contributed by atoms with Crippen molar-refractivity contribution in [2.45, 2.75) is 32.6 Å². The molecule has 12 heavy (non-hydrogen) atoms. The fourth-order valence-corrected chi connectivity index (χ4v) is 1.39. The van der Waals surface area contributed by atoms with Gasteiger partial charge in [-0.2, -0.15) is 0 Å². The fourth-order valence-electron chi connectivity index (χ4n) is 1.39. The molecular weight excluding hydrogens is 156 g/mol. The molecule has 3 heteroatoms. The molecule has 0 aromatic rings. The van der Waals surface area contributed by atoms with E-state index in [0.29, 0.717) is 19.4 Å². The van der Waals surface area contributed by atoms with E-state index in [1.807, 2.05) is 6.92 Å². The SMILES string of the molecule is CCCC(=O)C1CCCOC1=O. The summed E-state index contributed by atoms with van der Waals surface area (Å²) in [4.78, 5) is 22.4. The highest BCUT2D eigenvalue weighted by Crippen LogP contribution is 2.17. The highest BCUT2D eigenvalue weighted by Gasteiger charge is 2.29. The zero-order valence-electron chi connectivity index (χ0n) is 7.34. The summed E-state index contributed by atoms with van der Waals surface area (Å²) in [5.74, 6) is -0.736. The van der Waals surface area contributed by atoms with Crippen LogP contribution in [0.4, 0.5) is 0 Å².